The number of ether oxygens (including phenoxy) is 1. The minimum atomic E-state index is -0.710. The molecule has 120 valence electrons. The van der Waals surface area contributed by atoms with Crippen LogP contribution in [0.15, 0.2) is 35.4 Å². The summed E-state index contributed by atoms with van der Waals surface area (Å²) in [6, 6.07) is 7.42. The van der Waals surface area contributed by atoms with Gasteiger partial charge in [0.25, 0.3) is 0 Å². The van der Waals surface area contributed by atoms with E-state index in [-0.39, 0.29) is 5.75 Å². The highest BCUT2D eigenvalue weighted by atomic mass is 35.5. The highest BCUT2D eigenvalue weighted by Gasteiger charge is 2.19. The molecule has 0 spiro atoms. The number of nitro groups is 1. The number of methoxy groups -OCH3 is 1. The standard InChI is InChI=1S/C14H11Cl2N3O4/c1-23-13-5-8(4-12(14(13)20)19(21)22)7-17-18-11-3-2-9(15)6-10(11)16/h2-7,18,20H,1H3/b17-7-. The Labute approximate surface area is 141 Å². The number of aromatic hydroxyl groups is 1. The van der Waals surface area contributed by atoms with Gasteiger partial charge in [0.05, 0.1) is 29.0 Å². The van der Waals surface area contributed by atoms with Crippen LogP contribution in [0.25, 0.3) is 0 Å². The first-order valence-electron chi connectivity index (χ1n) is 6.22. The molecule has 2 rings (SSSR count). The van der Waals surface area contributed by atoms with Gasteiger partial charge in [-0.15, -0.1) is 0 Å². The Morgan fingerprint density at radius 2 is 2.09 bits per heavy atom. The Bertz CT molecular complexity index is 781. The Balaban J connectivity index is 2.25. The van der Waals surface area contributed by atoms with E-state index in [9.17, 15) is 15.2 Å². The average Bonchev–Trinajstić information content (AvgIpc) is 2.50. The first kappa shape index (κ1) is 16.9. The van der Waals surface area contributed by atoms with Crippen LogP contribution < -0.4 is 10.2 Å². The summed E-state index contributed by atoms with van der Waals surface area (Å²) in [6.07, 6.45) is 1.33. The van der Waals surface area contributed by atoms with Crippen LogP contribution in [-0.4, -0.2) is 23.4 Å². The van der Waals surface area contributed by atoms with Gasteiger partial charge < -0.3 is 9.84 Å². The Morgan fingerprint density at radius 1 is 1.35 bits per heavy atom. The van der Waals surface area contributed by atoms with Gasteiger partial charge in [-0.2, -0.15) is 5.10 Å². The first-order chi connectivity index (χ1) is 10.9. The molecule has 0 unspecified atom stereocenters. The third-order valence-electron chi connectivity index (χ3n) is 2.82. The lowest BCUT2D eigenvalue weighted by atomic mass is 10.2. The van der Waals surface area contributed by atoms with Crippen LogP contribution in [0.5, 0.6) is 11.5 Å². The molecule has 0 aliphatic carbocycles. The van der Waals surface area contributed by atoms with Gasteiger partial charge in [-0.05, 0) is 24.3 Å². The molecule has 0 saturated carbocycles. The summed E-state index contributed by atoms with van der Waals surface area (Å²) in [4.78, 5) is 10.2. The number of hydrazone groups is 1. The zero-order valence-electron chi connectivity index (χ0n) is 11.8. The van der Waals surface area contributed by atoms with Crippen molar-refractivity contribution in [3.05, 3.63) is 56.1 Å². The maximum absolute atomic E-state index is 10.9. The number of rotatable bonds is 5. The molecule has 0 aliphatic heterocycles. The van der Waals surface area contributed by atoms with E-state index >= 15 is 0 Å². The van der Waals surface area contributed by atoms with Crippen molar-refractivity contribution >= 4 is 40.8 Å². The largest absolute Gasteiger partial charge is 0.500 e. The minimum absolute atomic E-state index is 0.0230. The number of benzene rings is 2. The smallest absolute Gasteiger partial charge is 0.315 e. The molecule has 0 radical (unpaired) electrons. The lowest BCUT2D eigenvalue weighted by Gasteiger charge is -2.06. The van der Waals surface area contributed by atoms with Crippen molar-refractivity contribution < 1.29 is 14.8 Å². The van der Waals surface area contributed by atoms with Crippen LogP contribution in [0.4, 0.5) is 11.4 Å². The van der Waals surface area contributed by atoms with Crippen molar-refractivity contribution in [3.63, 3.8) is 0 Å². The van der Waals surface area contributed by atoms with E-state index in [1.807, 2.05) is 0 Å². The van der Waals surface area contributed by atoms with E-state index in [0.29, 0.717) is 21.3 Å². The van der Waals surface area contributed by atoms with E-state index in [1.165, 1.54) is 25.5 Å². The molecule has 2 aromatic carbocycles. The molecule has 0 saturated heterocycles. The molecule has 2 aromatic rings. The summed E-state index contributed by atoms with van der Waals surface area (Å²) < 4.78 is 4.90. The third-order valence-corrected chi connectivity index (χ3v) is 3.37. The normalized spacial score (nSPS) is 10.7. The van der Waals surface area contributed by atoms with E-state index in [2.05, 4.69) is 10.5 Å². The van der Waals surface area contributed by atoms with Gasteiger partial charge >= 0.3 is 5.69 Å². The second-order valence-corrected chi connectivity index (χ2v) is 5.19. The lowest BCUT2D eigenvalue weighted by Crippen LogP contribution is -1.96. The average molecular weight is 356 g/mol. The monoisotopic (exact) mass is 355 g/mol. The topological polar surface area (TPSA) is 97.0 Å². The van der Waals surface area contributed by atoms with E-state index < -0.39 is 16.4 Å². The Morgan fingerprint density at radius 3 is 2.70 bits per heavy atom. The highest BCUT2D eigenvalue weighted by molar-refractivity contribution is 6.36. The van der Waals surface area contributed by atoms with Gasteiger partial charge in [0.2, 0.25) is 5.75 Å². The molecule has 7 nitrogen and oxygen atoms in total. The number of phenols is 1. The van der Waals surface area contributed by atoms with Gasteiger partial charge in [0.1, 0.15) is 0 Å². The predicted molar refractivity (Wildman–Crippen MR) is 89.0 cm³/mol. The van der Waals surface area contributed by atoms with Crippen LogP contribution in [0, 0.1) is 10.1 Å². The number of phenolic OH excluding ortho intramolecular Hbond substituents is 1. The lowest BCUT2D eigenvalue weighted by molar-refractivity contribution is -0.386. The molecule has 9 heteroatoms. The van der Waals surface area contributed by atoms with Crippen molar-refractivity contribution in [1.29, 1.82) is 0 Å². The number of nitrogens with one attached hydrogen (secondary N) is 1. The van der Waals surface area contributed by atoms with Gasteiger partial charge in [0.15, 0.2) is 5.75 Å². The van der Waals surface area contributed by atoms with Crippen LogP contribution in [0.3, 0.4) is 0 Å². The summed E-state index contributed by atoms with van der Waals surface area (Å²) in [5.74, 6) is -0.562. The van der Waals surface area contributed by atoms with E-state index in [4.69, 9.17) is 27.9 Å². The summed E-state index contributed by atoms with van der Waals surface area (Å²) in [6.45, 7) is 0. The van der Waals surface area contributed by atoms with Crippen LogP contribution in [-0.2, 0) is 0 Å². The zero-order chi connectivity index (χ0) is 17.0. The van der Waals surface area contributed by atoms with Gasteiger partial charge in [-0.1, -0.05) is 23.2 Å². The van der Waals surface area contributed by atoms with E-state index in [1.54, 1.807) is 18.2 Å². The molecule has 0 atom stereocenters. The van der Waals surface area contributed by atoms with Crippen molar-refractivity contribution in [3.8, 4) is 11.5 Å². The fourth-order valence-corrected chi connectivity index (χ4v) is 2.19. The number of nitrogens with zero attached hydrogens (tertiary/aromatic N) is 2. The van der Waals surface area contributed by atoms with E-state index in [0.717, 1.165) is 0 Å². The Hall–Kier alpha value is -2.51. The fraction of sp³-hybridized carbons (Fsp3) is 0.0714. The van der Waals surface area contributed by atoms with Crippen molar-refractivity contribution in [1.82, 2.24) is 0 Å². The SMILES string of the molecule is COc1cc(/C=N\Nc2ccc(Cl)cc2Cl)cc([N+](=O)[O-])c1O. The minimum Gasteiger partial charge on any atom is -0.500 e. The molecule has 0 amide bonds. The summed E-state index contributed by atoms with van der Waals surface area (Å²) in [7, 11) is 1.30. The predicted octanol–water partition coefficient (Wildman–Crippen LogP) is 4.06. The van der Waals surface area contributed by atoms with Crippen molar-refractivity contribution in [2.24, 2.45) is 5.10 Å². The number of nitro benzene ring substituents is 1. The molecule has 0 fully saturated rings. The quantitative estimate of drug-likeness (QED) is 0.478. The molecule has 0 aliphatic rings. The van der Waals surface area contributed by atoms with Crippen molar-refractivity contribution in [2.45, 2.75) is 0 Å². The third kappa shape index (κ3) is 4.02. The zero-order valence-corrected chi connectivity index (χ0v) is 13.3. The molecule has 0 aromatic heterocycles. The highest BCUT2D eigenvalue weighted by Crippen LogP contribution is 2.36. The number of anilines is 1. The van der Waals surface area contributed by atoms with Gasteiger partial charge in [-0.3, -0.25) is 15.5 Å². The number of hydrogen-bond acceptors (Lipinski definition) is 6. The molecule has 23 heavy (non-hydrogen) atoms. The molecular weight excluding hydrogens is 345 g/mol. The second-order valence-electron chi connectivity index (χ2n) is 4.34. The van der Waals surface area contributed by atoms with Crippen molar-refractivity contribution in [2.75, 3.05) is 12.5 Å². The maximum Gasteiger partial charge on any atom is 0.315 e. The summed E-state index contributed by atoms with van der Waals surface area (Å²) in [5, 5.41) is 25.4. The second kappa shape index (κ2) is 7.17. The number of hydrogen-bond donors (Lipinski definition) is 2. The fourth-order valence-electron chi connectivity index (χ4n) is 1.74. The van der Waals surface area contributed by atoms with Gasteiger partial charge in [-0.25, -0.2) is 0 Å². The Kier molecular flexibility index (Phi) is 5.25. The molecule has 0 heterocycles. The van der Waals surface area contributed by atoms with Crippen LogP contribution in [0.2, 0.25) is 10.0 Å². The molecular formula is C14H11Cl2N3O4. The summed E-state index contributed by atoms with van der Waals surface area (Å²) >= 11 is 11.8. The van der Waals surface area contributed by atoms with Gasteiger partial charge in [0, 0.05) is 16.7 Å². The maximum atomic E-state index is 10.9. The number of halogens is 2. The molecule has 2 N–H and O–H groups in total. The van der Waals surface area contributed by atoms with Crippen LogP contribution >= 0.6 is 23.2 Å². The first-order valence-corrected chi connectivity index (χ1v) is 6.97. The van der Waals surface area contributed by atoms with Crippen LogP contribution in [0.1, 0.15) is 5.56 Å². The molecule has 0 bridgehead atoms. The summed E-state index contributed by atoms with van der Waals surface area (Å²) in [5.41, 5.74) is 3.10.